The molecule has 0 saturated heterocycles. The molecule has 4 aromatic rings. The highest BCUT2D eigenvalue weighted by atomic mass is 32.1. The third-order valence-electron chi connectivity index (χ3n) is 4.23. The normalized spacial score (nSPS) is 11.9. The van der Waals surface area contributed by atoms with Crippen molar-refractivity contribution >= 4 is 49.8 Å². The van der Waals surface area contributed by atoms with Crippen LogP contribution in [0.15, 0.2) is 66.0 Å². The lowest BCUT2D eigenvalue weighted by atomic mass is 10.1. The summed E-state index contributed by atoms with van der Waals surface area (Å²) in [6.07, 6.45) is 0.337. The fraction of sp³-hybridized carbons (Fsp3) is 0.0952. The number of halogens is 1. The van der Waals surface area contributed by atoms with E-state index in [2.05, 4.69) is 15.6 Å². The zero-order chi connectivity index (χ0) is 20.2. The number of anilines is 1. The van der Waals surface area contributed by atoms with E-state index in [4.69, 9.17) is 0 Å². The van der Waals surface area contributed by atoms with Crippen LogP contribution in [0.1, 0.15) is 15.2 Å². The number of nitrogens with zero attached hydrogens (tertiary/aromatic N) is 1. The zero-order valence-corrected chi connectivity index (χ0v) is 16.7. The monoisotopic (exact) mass is 425 g/mol. The Bertz CT molecular complexity index is 1140. The molecule has 8 heteroatoms. The molecule has 0 aliphatic rings. The largest absolute Gasteiger partial charge is 0.339 e. The standard InChI is InChI=1S/C21H16FN3O2S2/c22-14-8-9-15-18(12-14)29-21(24-15)25-19(26)16(11-13-5-2-1-3-6-13)23-20(27)17-7-4-10-28-17/h1-10,12,16H,11H2,(H,23,27)(H,24,25,26)/t16-/m0/s1. The maximum atomic E-state index is 13.4. The number of thiophene rings is 1. The molecule has 0 fully saturated rings. The third-order valence-corrected chi connectivity index (χ3v) is 6.03. The van der Waals surface area contributed by atoms with Gasteiger partial charge >= 0.3 is 0 Å². The van der Waals surface area contributed by atoms with E-state index in [1.807, 2.05) is 30.3 Å². The lowest BCUT2D eigenvalue weighted by Gasteiger charge is -2.17. The Hall–Kier alpha value is -3.10. The van der Waals surface area contributed by atoms with Crippen molar-refractivity contribution in [1.29, 1.82) is 0 Å². The fourth-order valence-electron chi connectivity index (χ4n) is 2.84. The summed E-state index contributed by atoms with van der Waals surface area (Å²) in [5.41, 5.74) is 1.53. The second-order valence-corrected chi connectivity index (χ2v) is 8.29. The predicted molar refractivity (Wildman–Crippen MR) is 114 cm³/mol. The first kappa shape index (κ1) is 19.2. The van der Waals surface area contributed by atoms with Crippen LogP contribution in [0.5, 0.6) is 0 Å². The van der Waals surface area contributed by atoms with Crippen molar-refractivity contribution in [3.05, 3.63) is 82.3 Å². The summed E-state index contributed by atoms with van der Waals surface area (Å²) in [5, 5.41) is 7.73. The second-order valence-electron chi connectivity index (χ2n) is 6.31. The SMILES string of the molecule is O=C(N[C@@H](Cc1ccccc1)C(=O)Nc1nc2ccc(F)cc2s1)c1cccs1. The van der Waals surface area contributed by atoms with Crippen LogP contribution >= 0.6 is 22.7 Å². The number of aromatic nitrogens is 1. The first-order valence-corrected chi connectivity index (χ1v) is 10.5. The van der Waals surface area contributed by atoms with Crippen LogP contribution in [0, 0.1) is 5.82 Å². The van der Waals surface area contributed by atoms with Crippen LogP contribution in [0.3, 0.4) is 0 Å². The summed E-state index contributed by atoms with van der Waals surface area (Å²) < 4.78 is 14.0. The smallest absolute Gasteiger partial charge is 0.262 e. The molecular formula is C21H16FN3O2S2. The van der Waals surface area contributed by atoms with Crippen molar-refractivity contribution in [1.82, 2.24) is 10.3 Å². The molecule has 4 rings (SSSR count). The van der Waals surface area contributed by atoms with Crippen LogP contribution in [0.2, 0.25) is 0 Å². The second kappa shape index (κ2) is 8.50. The highest BCUT2D eigenvalue weighted by Crippen LogP contribution is 2.26. The Morgan fingerprint density at radius 1 is 1.07 bits per heavy atom. The minimum atomic E-state index is -0.782. The first-order valence-electron chi connectivity index (χ1n) is 8.84. The topological polar surface area (TPSA) is 71.1 Å². The van der Waals surface area contributed by atoms with E-state index in [0.717, 1.165) is 5.56 Å². The van der Waals surface area contributed by atoms with Gasteiger partial charge in [-0.15, -0.1) is 11.3 Å². The van der Waals surface area contributed by atoms with Gasteiger partial charge in [0.15, 0.2) is 5.13 Å². The van der Waals surface area contributed by atoms with Crippen molar-refractivity contribution in [3.63, 3.8) is 0 Å². The summed E-state index contributed by atoms with van der Waals surface area (Å²) in [7, 11) is 0. The predicted octanol–water partition coefficient (Wildman–Crippen LogP) is 4.48. The number of thiazole rings is 1. The highest BCUT2D eigenvalue weighted by Gasteiger charge is 2.23. The maximum Gasteiger partial charge on any atom is 0.262 e. The average molecular weight is 426 g/mol. The van der Waals surface area contributed by atoms with Crippen LogP contribution in [-0.2, 0) is 11.2 Å². The van der Waals surface area contributed by atoms with E-state index in [0.29, 0.717) is 26.6 Å². The number of rotatable bonds is 6. The number of amides is 2. The maximum absolute atomic E-state index is 13.4. The van der Waals surface area contributed by atoms with Gasteiger partial charge < -0.3 is 10.6 Å². The molecule has 2 heterocycles. The number of hydrogen-bond donors (Lipinski definition) is 2. The molecular weight excluding hydrogens is 409 g/mol. The molecule has 5 nitrogen and oxygen atoms in total. The highest BCUT2D eigenvalue weighted by molar-refractivity contribution is 7.22. The Labute approximate surface area is 174 Å². The number of carbonyl (C=O) groups is 2. The van der Waals surface area contributed by atoms with Gasteiger partial charge in [-0.05, 0) is 35.2 Å². The van der Waals surface area contributed by atoms with Crippen LogP contribution in [0.4, 0.5) is 9.52 Å². The van der Waals surface area contributed by atoms with E-state index in [9.17, 15) is 14.0 Å². The molecule has 2 N–H and O–H groups in total. The van der Waals surface area contributed by atoms with Crippen LogP contribution in [-0.4, -0.2) is 22.8 Å². The van der Waals surface area contributed by atoms with E-state index in [-0.39, 0.29) is 17.6 Å². The fourth-order valence-corrected chi connectivity index (χ4v) is 4.36. The molecule has 146 valence electrons. The van der Waals surface area contributed by atoms with E-state index in [1.165, 1.54) is 34.8 Å². The molecule has 2 aromatic heterocycles. The molecule has 0 aliphatic heterocycles. The minimum absolute atomic E-state index is 0.303. The molecule has 2 amide bonds. The Kier molecular flexibility index (Phi) is 5.64. The van der Waals surface area contributed by atoms with Gasteiger partial charge in [0.1, 0.15) is 11.9 Å². The van der Waals surface area contributed by atoms with Crippen molar-refractivity contribution in [3.8, 4) is 0 Å². The minimum Gasteiger partial charge on any atom is -0.339 e. The van der Waals surface area contributed by atoms with Crippen LogP contribution in [0.25, 0.3) is 10.2 Å². The van der Waals surface area contributed by atoms with Crippen molar-refractivity contribution in [2.75, 3.05) is 5.32 Å². The number of hydrogen-bond acceptors (Lipinski definition) is 5. The van der Waals surface area contributed by atoms with Gasteiger partial charge in [0, 0.05) is 6.42 Å². The van der Waals surface area contributed by atoms with Crippen molar-refractivity contribution in [2.24, 2.45) is 0 Å². The molecule has 2 aromatic carbocycles. The summed E-state index contributed by atoms with van der Waals surface area (Å²) in [4.78, 5) is 30.3. The van der Waals surface area contributed by atoms with Gasteiger partial charge in [0.05, 0.1) is 15.1 Å². The molecule has 0 unspecified atom stereocenters. The first-order chi connectivity index (χ1) is 14.1. The van der Waals surface area contributed by atoms with E-state index < -0.39 is 6.04 Å². The molecule has 0 saturated carbocycles. The number of carbonyl (C=O) groups excluding carboxylic acids is 2. The van der Waals surface area contributed by atoms with Gasteiger partial charge in [0.25, 0.3) is 5.91 Å². The lowest BCUT2D eigenvalue weighted by Crippen LogP contribution is -2.45. The molecule has 0 radical (unpaired) electrons. The molecule has 0 bridgehead atoms. The molecule has 0 spiro atoms. The summed E-state index contributed by atoms with van der Waals surface area (Å²) >= 11 is 2.50. The van der Waals surface area contributed by atoms with Gasteiger partial charge in [-0.1, -0.05) is 47.7 Å². The number of benzene rings is 2. The lowest BCUT2D eigenvalue weighted by molar-refractivity contribution is -0.118. The van der Waals surface area contributed by atoms with Gasteiger partial charge in [-0.2, -0.15) is 0 Å². The van der Waals surface area contributed by atoms with Crippen LogP contribution < -0.4 is 10.6 Å². The third kappa shape index (κ3) is 4.67. The van der Waals surface area contributed by atoms with E-state index >= 15 is 0 Å². The molecule has 0 aliphatic carbocycles. The summed E-state index contributed by atoms with van der Waals surface area (Å²) in [6.45, 7) is 0. The molecule has 1 atom stereocenters. The van der Waals surface area contributed by atoms with Crippen molar-refractivity contribution < 1.29 is 14.0 Å². The Morgan fingerprint density at radius 3 is 2.66 bits per heavy atom. The van der Waals surface area contributed by atoms with Gasteiger partial charge in [0.2, 0.25) is 5.91 Å². The number of nitrogens with one attached hydrogen (secondary N) is 2. The quantitative estimate of drug-likeness (QED) is 0.479. The molecule has 29 heavy (non-hydrogen) atoms. The van der Waals surface area contributed by atoms with Gasteiger partial charge in [-0.3, -0.25) is 9.59 Å². The van der Waals surface area contributed by atoms with Crippen molar-refractivity contribution in [2.45, 2.75) is 12.5 Å². The Balaban J connectivity index is 1.54. The number of fused-ring (bicyclic) bond motifs is 1. The van der Waals surface area contributed by atoms with Gasteiger partial charge in [-0.25, -0.2) is 9.37 Å². The average Bonchev–Trinajstić information content (AvgIpc) is 3.37. The summed E-state index contributed by atoms with van der Waals surface area (Å²) in [6, 6.07) is 16.4. The summed E-state index contributed by atoms with van der Waals surface area (Å²) in [5.74, 6) is -1.04. The zero-order valence-electron chi connectivity index (χ0n) is 15.1. The van der Waals surface area contributed by atoms with E-state index in [1.54, 1.807) is 23.6 Å². The Morgan fingerprint density at radius 2 is 1.90 bits per heavy atom.